The first-order chi connectivity index (χ1) is 8.25. The number of hydrogen-bond acceptors (Lipinski definition) is 4. The fourth-order valence-corrected chi connectivity index (χ4v) is 1.30. The van der Waals surface area contributed by atoms with Gasteiger partial charge in [-0.25, -0.2) is 14.5 Å². The molecule has 0 saturated carbocycles. The number of carbonyl (C=O) groups is 1. The van der Waals surface area contributed by atoms with E-state index in [-0.39, 0.29) is 5.56 Å². The molecule has 6 nitrogen and oxygen atoms in total. The highest BCUT2D eigenvalue weighted by Crippen LogP contribution is 2.12. The Hall–Kier alpha value is -2.37. The monoisotopic (exact) mass is 233 g/mol. The van der Waals surface area contributed by atoms with E-state index < -0.39 is 5.97 Å². The van der Waals surface area contributed by atoms with E-state index in [2.05, 4.69) is 10.1 Å². The van der Waals surface area contributed by atoms with Crippen LogP contribution in [-0.2, 0) is 6.54 Å². The zero-order valence-corrected chi connectivity index (χ0v) is 8.98. The number of hydrogen-bond donors (Lipinski definition) is 1. The summed E-state index contributed by atoms with van der Waals surface area (Å²) in [6.07, 6.45) is 3.07. The molecular formula is C11H11N3O3. The number of ether oxygens (including phenoxy) is 1. The lowest BCUT2D eigenvalue weighted by molar-refractivity contribution is 0.0697. The lowest BCUT2D eigenvalue weighted by Crippen LogP contribution is -2.08. The molecule has 0 fully saturated rings. The Bertz CT molecular complexity index is 479. The van der Waals surface area contributed by atoms with Crippen molar-refractivity contribution in [3.63, 3.8) is 0 Å². The van der Waals surface area contributed by atoms with Gasteiger partial charge in [-0.2, -0.15) is 5.10 Å². The van der Waals surface area contributed by atoms with Crippen LogP contribution in [0.15, 0.2) is 36.9 Å². The third kappa shape index (κ3) is 3.04. The van der Waals surface area contributed by atoms with Gasteiger partial charge >= 0.3 is 5.97 Å². The molecule has 0 unspecified atom stereocenters. The molecule has 0 aliphatic carbocycles. The van der Waals surface area contributed by atoms with Crippen LogP contribution in [0.1, 0.15) is 10.4 Å². The maximum Gasteiger partial charge on any atom is 0.335 e. The topological polar surface area (TPSA) is 77.2 Å². The zero-order valence-electron chi connectivity index (χ0n) is 8.98. The molecule has 0 atom stereocenters. The number of nitrogens with zero attached hydrogens (tertiary/aromatic N) is 3. The van der Waals surface area contributed by atoms with Crippen molar-refractivity contribution in [3.8, 4) is 5.75 Å². The Balaban J connectivity index is 1.85. The molecule has 0 aliphatic rings. The van der Waals surface area contributed by atoms with Crippen LogP contribution < -0.4 is 4.74 Å². The fourth-order valence-electron chi connectivity index (χ4n) is 1.30. The normalized spacial score (nSPS) is 10.1. The van der Waals surface area contributed by atoms with Gasteiger partial charge in [-0.3, -0.25) is 0 Å². The maximum atomic E-state index is 10.6. The Labute approximate surface area is 97.5 Å². The minimum atomic E-state index is -0.945. The number of carboxylic acid groups (broad SMARTS) is 1. The SMILES string of the molecule is O=C(O)c1ccc(OCCn2cncn2)cc1. The van der Waals surface area contributed by atoms with Gasteiger partial charge in [-0.05, 0) is 24.3 Å². The van der Waals surface area contributed by atoms with Gasteiger partial charge in [0.2, 0.25) is 0 Å². The third-order valence-electron chi connectivity index (χ3n) is 2.16. The summed E-state index contributed by atoms with van der Waals surface area (Å²) in [5.41, 5.74) is 0.244. The van der Waals surface area contributed by atoms with Gasteiger partial charge in [0.25, 0.3) is 0 Å². The van der Waals surface area contributed by atoms with Gasteiger partial charge in [-0.1, -0.05) is 0 Å². The van der Waals surface area contributed by atoms with Crippen molar-refractivity contribution in [1.29, 1.82) is 0 Å². The molecule has 1 heterocycles. The molecule has 1 N–H and O–H groups in total. The summed E-state index contributed by atoms with van der Waals surface area (Å²) in [5, 5.41) is 12.6. The lowest BCUT2D eigenvalue weighted by atomic mass is 10.2. The second-order valence-corrected chi connectivity index (χ2v) is 3.34. The van der Waals surface area contributed by atoms with Crippen LogP contribution in [0.3, 0.4) is 0 Å². The molecule has 88 valence electrons. The van der Waals surface area contributed by atoms with Crippen molar-refractivity contribution in [2.24, 2.45) is 0 Å². The Kier molecular flexibility index (Phi) is 3.34. The molecule has 0 saturated heterocycles. The zero-order chi connectivity index (χ0) is 12.1. The predicted octanol–water partition coefficient (Wildman–Crippen LogP) is 1.06. The van der Waals surface area contributed by atoms with Crippen molar-refractivity contribution < 1.29 is 14.6 Å². The van der Waals surface area contributed by atoms with Crippen LogP contribution in [0.4, 0.5) is 0 Å². The molecule has 0 aliphatic heterocycles. The summed E-state index contributed by atoms with van der Waals surface area (Å²) in [5.74, 6) is -0.311. The molecule has 2 rings (SSSR count). The first-order valence-corrected chi connectivity index (χ1v) is 5.04. The highest BCUT2D eigenvalue weighted by molar-refractivity contribution is 5.87. The van der Waals surface area contributed by atoms with Crippen LogP contribution in [-0.4, -0.2) is 32.4 Å². The number of aromatic nitrogens is 3. The standard InChI is InChI=1S/C11H11N3O3/c15-11(16)9-1-3-10(4-2-9)17-6-5-14-8-12-7-13-14/h1-4,7-8H,5-6H2,(H,15,16). The van der Waals surface area contributed by atoms with E-state index in [0.717, 1.165) is 0 Å². The number of carboxylic acids is 1. The van der Waals surface area contributed by atoms with Crippen LogP contribution in [0.2, 0.25) is 0 Å². The van der Waals surface area contributed by atoms with Crippen LogP contribution in [0.25, 0.3) is 0 Å². The molecular weight excluding hydrogens is 222 g/mol. The minimum absolute atomic E-state index is 0.244. The molecule has 0 radical (unpaired) electrons. The van der Waals surface area contributed by atoms with Gasteiger partial charge in [0.1, 0.15) is 25.0 Å². The van der Waals surface area contributed by atoms with Gasteiger partial charge in [0, 0.05) is 0 Å². The highest BCUT2D eigenvalue weighted by atomic mass is 16.5. The van der Waals surface area contributed by atoms with Crippen LogP contribution in [0.5, 0.6) is 5.75 Å². The second kappa shape index (κ2) is 5.11. The molecule has 0 amide bonds. The summed E-state index contributed by atoms with van der Waals surface area (Å²) in [7, 11) is 0. The van der Waals surface area contributed by atoms with Gasteiger partial charge in [-0.15, -0.1) is 0 Å². The summed E-state index contributed by atoms with van der Waals surface area (Å²) in [4.78, 5) is 14.4. The Morgan fingerprint density at radius 3 is 2.71 bits per heavy atom. The van der Waals surface area contributed by atoms with E-state index >= 15 is 0 Å². The van der Waals surface area contributed by atoms with Crippen molar-refractivity contribution in [3.05, 3.63) is 42.5 Å². The van der Waals surface area contributed by atoms with Crippen LogP contribution in [0, 0.1) is 0 Å². The number of rotatable bonds is 5. The number of aromatic carboxylic acids is 1. The molecule has 1 aromatic carbocycles. The average molecular weight is 233 g/mol. The van der Waals surface area contributed by atoms with E-state index in [4.69, 9.17) is 9.84 Å². The van der Waals surface area contributed by atoms with Crippen molar-refractivity contribution in [2.75, 3.05) is 6.61 Å². The number of benzene rings is 1. The first kappa shape index (κ1) is 11.1. The molecule has 2 aromatic rings. The van der Waals surface area contributed by atoms with E-state index in [1.807, 2.05) is 0 Å². The van der Waals surface area contributed by atoms with E-state index in [9.17, 15) is 4.79 Å². The summed E-state index contributed by atoms with van der Waals surface area (Å²) in [6, 6.07) is 6.27. The van der Waals surface area contributed by atoms with Crippen molar-refractivity contribution >= 4 is 5.97 Å². The van der Waals surface area contributed by atoms with Gasteiger partial charge < -0.3 is 9.84 Å². The highest BCUT2D eigenvalue weighted by Gasteiger charge is 2.01. The van der Waals surface area contributed by atoms with Gasteiger partial charge in [0.05, 0.1) is 12.1 Å². The van der Waals surface area contributed by atoms with Gasteiger partial charge in [0.15, 0.2) is 0 Å². The third-order valence-corrected chi connectivity index (χ3v) is 2.16. The lowest BCUT2D eigenvalue weighted by Gasteiger charge is -2.05. The summed E-state index contributed by atoms with van der Waals surface area (Å²) >= 11 is 0. The van der Waals surface area contributed by atoms with Crippen LogP contribution >= 0.6 is 0 Å². The fraction of sp³-hybridized carbons (Fsp3) is 0.182. The second-order valence-electron chi connectivity index (χ2n) is 3.34. The molecule has 6 heteroatoms. The average Bonchev–Trinajstić information content (AvgIpc) is 2.83. The van der Waals surface area contributed by atoms with E-state index in [0.29, 0.717) is 18.9 Å². The van der Waals surface area contributed by atoms with E-state index in [1.165, 1.54) is 18.5 Å². The quantitative estimate of drug-likeness (QED) is 0.835. The smallest absolute Gasteiger partial charge is 0.335 e. The minimum Gasteiger partial charge on any atom is -0.492 e. The Morgan fingerprint density at radius 1 is 1.35 bits per heavy atom. The largest absolute Gasteiger partial charge is 0.492 e. The molecule has 0 spiro atoms. The van der Waals surface area contributed by atoms with Crippen molar-refractivity contribution in [1.82, 2.24) is 14.8 Å². The summed E-state index contributed by atoms with van der Waals surface area (Å²) in [6.45, 7) is 1.05. The predicted molar refractivity (Wildman–Crippen MR) is 58.9 cm³/mol. The maximum absolute atomic E-state index is 10.6. The van der Waals surface area contributed by atoms with Crippen molar-refractivity contribution in [2.45, 2.75) is 6.54 Å². The molecule has 0 bridgehead atoms. The van der Waals surface area contributed by atoms with E-state index in [1.54, 1.807) is 23.1 Å². The molecule has 1 aromatic heterocycles. The first-order valence-electron chi connectivity index (χ1n) is 5.04. The molecule has 17 heavy (non-hydrogen) atoms. The Morgan fingerprint density at radius 2 is 2.12 bits per heavy atom. The summed E-state index contributed by atoms with van der Waals surface area (Å²) < 4.78 is 7.09.